The monoisotopic (exact) mass is 293 g/mol. The van der Waals surface area contributed by atoms with Crippen molar-refractivity contribution in [3.05, 3.63) is 29.8 Å². The standard InChI is InChI=1S/C15H23N3OS/c1-11(16)12-5-4-6-13(9-12)17-14(19)18-7-8-20-15(2,3)10-18/h4-6,9,11H,7-8,10,16H2,1-3H3,(H,17,19). The summed E-state index contributed by atoms with van der Waals surface area (Å²) >= 11 is 1.92. The van der Waals surface area contributed by atoms with Gasteiger partial charge in [0, 0.05) is 35.3 Å². The summed E-state index contributed by atoms with van der Waals surface area (Å²) in [5.74, 6) is 0.986. The lowest BCUT2D eigenvalue weighted by atomic mass is 10.1. The van der Waals surface area contributed by atoms with Crippen molar-refractivity contribution in [1.29, 1.82) is 0 Å². The number of urea groups is 1. The molecule has 0 saturated carbocycles. The summed E-state index contributed by atoms with van der Waals surface area (Å²) in [7, 11) is 0. The third-order valence-electron chi connectivity index (χ3n) is 3.38. The van der Waals surface area contributed by atoms with Crippen LogP contribution in [0.15, 0.2) is 24.3 Å². The topological polar surface area (TPSA) is 58.4 Å². The van der Waals surface area contributed by atoms with Gasteiger partial charge in [-0.2, -0.15) is 11.8 Å². The quantitative estimate of drug-likeness (QED) is 0.881. The van der Waals surface area contributed by atoms with Crippen LogP contribution in [0.2, 0.25) is 0 Å². The van der Waals surface area contributed by atoms with Gasteiger partial charge < -0.3 is 16.0 Å². The van der Waals surface area contributed by atoms with E-state index in [1.807, 2.05) is 47.9 Å². The second-order valence-electron chi connectivity index (χ2n) is 5.87. The minimum Gasteiger partial charge on any atom is -0.324 e. The Bertz CT molecular complexity index is 488. The van der Waals surface area contributed by atoms with Gasteiger partial charge in [0.25, 0.3) is 0 Å². The molecule has 2 amide bonds. The molecule has 1 aliphatic heterocycles. The number of nitrogens with one attached hydrogen (secondary N) is 1. The Morgan fingerprint density at radius 1 is 1.50 bits per heavy atom. The predicted octanol–water partition coefficient (Wildman–Crippen LogP) is 3.07. The Morgan fingerprint density at radius 2 is 2.25 bits per heavy atom. The fourth-order valence-corrected chi connectivity index (χ4v) is 3.40. The maximum atomic E-state index is 12.3. The molecule has 110 valence electrons. The Kier molecular flexibility index (Phi) is 4.60. The third kappa shape index (κ3) is 3.90. The maximum Gasteiger partial charge on any atom is 0.321 e. The molecule has 1 unspecified atom stereocenters. The van der Waals surface area contributed by atoms with Crippen molar-refractivity contribution >= 4 is 23.5 Å². The van der Waals surface area contributed by atoms with Crippen LogP contribution in [0, 0.1) is 0 Å². The molecule has 0 aromatic heterocycles. The highest BCUT2D eigenvalue weighted by atomic mass is 32.2. The molecule has 0 bridgehead atoms. The highest BCUT2D eigenvalue weighted by Gasteiger charge is 2.29. The van der Waals surface area contributed by atoms with Crippen molar-refractivity contribution in [3.63, 3.8) is 0 Å². The van der Waals surface area contributed by atoms with Crippen molar-refractivity contribution < 1.29 is 4.79 Å². The van der Waals surface area contributed by atoms with Crippen LogP contribution in [0.3, 0.4) is 0 Å². The minimum atomic E-state index is -0.0304. The molecule has 1 aromatic carbocycles. The summed E-state index contributed by atoms with van der Waals surface area (Å²) < 4.78 is 0.128. The highest BCUT2D eigenvalue weighted by molar-refractivity contribution is 8.00. The molecule has 1 aliphatic rings. The van der Waals surface area contributed by atoms with Crippen molar-refractivity contribution in [1.82, 2.24) is 4.90 Å². The SMILES string of the molecule is CC(N)c1cccc(NC(=O)N2CCSC(C)(C)C2)c1. The Balaban J connectivity index is 2.02. The zero-order valence-corrected chi connectivity index (χ0v) is 13.2. The number of nitrogens with two attached hydrogens (primary N) is 1. The van der Waals surface area contributed by atoms with Gasteiger partial charge in [-0.25, -0.2) is 4.79 Å². The number of rotatable bonds is 2. The van der Waals surface area contributed by atoms with Gasteiger partial charge in [-0.15, -0.1) is 0 Å². The van der Waals surface area contributed by atoms with E-state index in [0.29, 0.717) is 0 Å². The van der Waals surface area contributed by atoms with Gasteiger partial charge in [0.1, 0.15) is 0 Å². The summed E-state index contributed by atoms with van der Waals surface area (Å²) in [6, 6.07) is 7.67. The van der Waals surface area contributed by atoms with Crippen LogP contribution in [0.4, 0.5) is 10.5 Å². The summed E-state index contributed by atoms with van der Waals surface area (Å²) in [6.07, 6.45) is 0. The Hall–Kier alpha value is -1.20. The Morgan fingerprint density at radius 3 is 2.90 bits per heavy atom. The van der Waals surface area contributed by atoms with Crippen molar-refractivity contribution in [2.45, 2.75) is 31.6 Å². The molecule has 3 N–H and O–H groups in total. The molecule has 0 spiro atoms. The van der Waals surface area contributed by atoms with Crippen molar-refractivity contribution in [3.8, 4) is 0 Å². The third-order valence-corrected chi connectivity index (χ3v) is 4.67. The van der Waals surface area contributed by atoms with Crippen LogP contribution in [-0.4, -0.2) is 34.5 Å². The van der Waals surface area contributed by atoms with E-state index >= 15 is 0 Å². The van der Waals surface area contributed by atoms with Gasteiger partial charge in [0.2, 0.25) is 0 Å². The Labute approximate surface area is 125 Å². The molecule has 4 nitrogen and oxygen atoms in total. The summed E-state index contributed by atoms with van der Waals surface area (Å²) in [5.41, 5.74) is 7.70. The molecule has 5 heteroatoms. The fraction of sp³-hybridized carbons (Fsp3) is 0.533. The van der Waals surface area contributed by atoms with Crippen LogP contribution in [0.1, 0.15) is 32.4 Å². The lowest BCUT2D eigenvalue weighted by Gasteiger charge is -2.37. The molecular formula is C15H23N3OS. The first kappa shape index (κ1) is 15.2. The van der Waals surface area contributed by atoms with Crippen molar-refractivity contribution in [2.24, 2.45) is 5.73 Å². The van der Waals surface area contributed by atoms with E-state index in [2.05, 4.69) is 19.2 Å². The van der Waals surface area contributed by atoms with Gasteiger partial charge in [-0.3, -0.25) is 0 Å². The van der Waals surface area contributed by atoms with Crippen LogP contribution in [0.25, 0.3) is 0 Å². The minimum absolute atomic E-state index is 0.0276. The number of hydrogen-bond acceptors (Lipinski definition) is 3. The van der Waals surface area contributed by atoms with E-state index in [0.717, 1.165) is 30.1 Å². The molecule has 1 heterocycles. The maximum absolute atomic E-state index is 12.3. The second-order valence-corrected chi connectivity index (χ2v) is 7.68. The molecule has 2 rings (SSSR count). The first-order valence-corrected chi connectivity index (χ1v) is 7.91. The molecule has 0 aliphatic carbocycles. The molecule has 0 radical (unpaired) electrons. The van der Waals surface area contributed by atoms with Gasteiger partial charge in [0.15, 0.2) is 0 Å². The molecule has 20 heavy (non-hydrogen) atoms. The summed E-state index contributed by atoms with van der Waals surface area (Å²) in [6.45, 7) is 7.86. The average Bonchev–Trinajstić information content (AvgIpc) is 2.37. The predicted molar refractivity (Wildman–Crippen MR) is 86.2 cm³/mol. The van der Waals surface area contributed by atoms with Gasteiger partial charge in [0.05, 0.1) is 0 Å². The van der Waals surface area contributed by atoms with E-state index in [4.69, 9.17) is 5.73 Å². The first-order valence-electron chi connectivity index (χ1n) is 6.93. The normalized spacial score (nSPS) is 19.5. The molecular weight excluding hydrogens is 270 g/mol. The van der Waals surface area contributed by atoms with Crippen molar-refractivity contribution in [2.75, 3.05) is 24.2 Å². The van der Waals surface area contributed by atoms with E-state index in [9.17, 15) is 4.79 Å². The van der Waals surface area contributed by atoms with E-state index < -0.39 is 0 Å². The summed E-state index contributed by atoms with van der Waals surface area (Å²) in [4.78, 5) is 14.2. The molecule has 1 saturated heterocycles. The first-order chi connectivity index (χ1) is 9.37. The number of amides is 2. The zero-order valence-electron chi connectivity index (χ0n) is 12.3. The molecule has 1 atom stereocenters. The van der Waals surface area contributed by atoms with E-state index in [-0.39, 0.29) is 16.8 Å². The van der Waals surface area contributed by atoms with Gasteiger partial charge in [-0.1, -0.05) is 12.1 Å². The second kappa shape index (κ2) is 6.06. The largest absolute Gasteiger partial charge is 0.324 e. The number of nitrogens with zero attached hydrogens (tertiary/aromatic N) is 1. The van der Waals surface area contributed by atoms with Crippen LogP contribution in [0.5, 0.6) is 0 Å². The van der Waals surface area contributed by atoms with Crippen LogP contribution in [-0.2, 0) is 0 Å². The fourth-order valence-electron chi connectivity index (χ4n) is 2.29. The number of anilines is 1. The molecule has 1 fully saturated rings. The number of hydrogen-bond donors (Lipinski definition) is 2. The lowest BCUT2D eigenvalue weighted by molar-refractivity contribution is 0.208. The summed E-state index contributed by atoms with van der Waals surface area (Å²) in [5, 5.41) is 2.97. The highest BCUT2D eigenvalue weighted by Crippen LogP contribution is 2.29. The average molecular weight is 293 g/mol. The van der Waals surface area contributed by atoms with Crippen LogP contribution >= 0.6 is 11.8 Å². The number of benzene rings is 1. The smallest absolute Gasteiger partial charge is 0.321 e. The van der Waals surface area contributed by atoms with Gasteiger partial charge in [-0.05, 0) is 38.5 Å². The molecule has 1 aromatic rings. The van der Waals surface area contributed by atoms with Gasteiger partial charge >= 0.3 is 6.03 Å². The van der Waals surface area contributed by atoms with E-state index in [1.165, 1.54) is 0 Å². The van der Waals surface area contributed by atoms with E-state index in [1.54, 1.807) is 0 Å². The lowest BCUT2D eigenvalue weighted by Crippen LogP contribution is -2.47. The number of thioether (sulfide) groups is 1. The number of carbonyl (C=O) groups excluding carboxylic acids is 1. The van der Waals surface area contributed by atoms with Crippen LogP contribution < -0.4 is 11.1 Å². The number of carbonyl (C=O) groups is 1. The zero-order chi connectivity index (χ0) is 14.8.